The van der Waals surface area contributed by atoms with Gasteiger partial charge in [0, 0.05) is 12.0 Å². The number of para-hydroxylation sites is 1. The van der Waals surface area contributed by atoms with Gasteiger partial charge >= 0.3 is 11.9 Å². The Labute approximate surface area is 122 Å². The number of ether oxygens (including phenoxy) is 2. The highest BCUT2D eigenvalue weighted by molar-refractivity contribution is 5.94. The Hall–Kier alpha value is -2.44. The summed E-state index contributed by atoms with van der Waals surface area (Å²) in [6.07, 6.45) is 0.142. The van der Waals surface area contributed by atoms with Crippen LogP contribution in [0.2, 0.25) is 0 Å². The fraction of sp³-hybridized carbons (Fsp3) is 0.429. The van der Waals surface area contributed by atoms with Crippen molar-refractivity contribution < 1.29 is 24.0 Å². The smallest absolute Gasteiger partial charge is 0.345 e. The molecule has 0 unspecified atom stereocenters. The van der Waals surface area contributed by atoms with E-state index in [1.54, 1.807) is 13.8 Å². The van der Waals surface area contributed by atoms with E-state index in [9.17, 15) is 19.7 Å². The standard InChI is InChI=1S/C14H17NO6/c1-3-20-12(16)9-8-10-6-5-7-11(13(10)15(18)19)14(17)21-4-2/h5-7H,3-4,8-9H2,1-2H3. The Kier molecular flexibility index (Phi) is 6.32. The fourth-order valence-corrected chi connectivity index (χ4v) is 1.85. The highest BCUT2D eigenvalue weighted by atomic mass is 16.6. The second-order valence-electron chi connectivity index (χ2n) is 4.10. The molecule has 0 N–H and O–H groups in total. The molecule has 7 heteroatoms. The van der Waals surface area contributed by atoms with Crippen LogP contribution >= 0.6 is 0 Å². The van der Waals surface area contributed by atoms with Gasteiger partial charge in [-0.05, 0) is 26.3 Å². The Morgan fingerprint density at radius 2 is 1.86 bits per heavy atom. The van der Waals surface area contributed by atoms with Crippen LogP contribution in [-0.2, 0) is 20.7 Å². The first kappa shape index (κ1) is 16.6. The lowest BCUT2D eigenvalue weighted by Gasteiger charge is -2.07. The van der Waals surface area contributed by atoms with E-state index in [0.717, 1.165) is 0 Å². The molecule has 0 spiro atoms. The number of rotatable bonds is 7. The van der Waals surface area contributed by atoms with Gasteiger partial charge in [-0.25, -0.2) is 4.79 Å². The van der Waals surface area contributed by atoms with Crippen molar-refractivity contribution >= 4 is 17.6 Å². The van der Waals surface area contributed by atoms with Crippen molar-refractivity contribution in [2.45, 2.75) is 26.7 Å². The molecule has 7 nitrogen and oxygen atoms in total. The highest BCUT2D eigenvalue weighted by Crippen LogP contribution is 2.26. The minimum absolute atomic E-state index is 0.0148. The van der Waals surface area contributed by atoms with E-state index in [-0.39, 0.29) is 37.3 Å². The highest BCUT2D eigenvalue weighted by Gasteiger charge is 2.25. The SMILES string of the molecule is CCOC(=O)CCc1cccc(C(=O)OCC)c1[N+](=O)[O-]. The number of benzene rings is 1. The molecule has 1 aromatic rings. The van der Waals surface area contributed by atoms with Crippen LogP contribution in [0, 0.1) is 10.1 Å². The summed E-state index contributed by atoms with van der Waals surface area (Å²) in [5.41, 5.74) is -0.123. The molecule has 21 heavy (non-hydrogen) atoms. The van der Waals surface area contributed by atoms with Crippen LogP contribution < -0.4 is 0 Å². The van der Waals surface area contributed by atoms with Gasteiger partial charge in [0.1, 0.15) is 5.56 Å². The zero-order chi connectivity index (χ0) is 15.8. The summed E-state index contributed by atoms with van der Waals surface area (Å²) in [6, 6.07) is 4.38. The van der Waals surface area contributed by atoms with Gasteiger partial charge < -0.3 is 9.47 Å². The number of nitrogens with zero attached hydrogens (tertiary/aromatic N) is 1. The van der Waals surface area contributed by atoms with Crippen LogP contribution in [-0.4, -0.2) is 30.1 Å². The predicted octanol–water partition coefficient (Wildman–Crippen LogP) is 2.27. The first-order valence-electron chi connectivity index (χ1n) is 6.60. The molecule has 0 bridgehead atoms. The molecular weight excluding hydrogens is 278 g/mol. The van der Waals surface area contributed by atoms with Gasteiger partial charge in [0.15, 0.2) is 0 Å². The molecular formula is C14H17NO6. The molecule has 0 aromatic heterocycles. The van der Waals surface area contributed by atoms with Crippen LogP contribution in [0.4, 0.5) is 5.69 Å². The number of carbonyl (C=O) groups excluding carboxylic acids is 2. The Morgan fingerprint density at radius 1 is 1.19 bits per heavy atom. The first-order chi connectivity index (χ1) is 10.0. The summed E-state index contributed by atoms with van der Waals surface area (Å²) >= 11 is 0. The molecule has 0 heterocycles. The zero-order valence-corrected chi connectivity index (χ0v) is 12.0. The molecule has 0 aliphatic heterocycles. The van der Waals surface area contributed by atoms with Gasteiger partial charge in [0.05, 0.1) is 18.1 Å². The number of esters is 2. The van der Waals surface area contributed by atoms with Crippen LogP contribution in [0.25, 0.3) is 0 Å². The lowest BCUT2D eigenvalue weighted by Crippen LogP contribution is -2.11. The van der Waals surface area contributed by atoms with Crippen LogP contribution in [0.15, 0.2) is 18.2 Å². The average molecular weight is 295 g/mol. The van der Waals surface area contributed by atoms with E-state index in [1.807, 2.05) is 0 Å². The quantitative estimate of drug-likeness (QED) is 0.435. The number of nitro groups is 1. The van der Waals surface area contributed by atoms with Crippen LogP contribution in [0.5, 0.6) is 0 Å². The monoisotopic (exact) mass is 295 g/mol. The minimum atomic E-state index is -0.748. The largest absolute Gasteiger partial charge is 0.466 e. The Morgan fingerprint density at radius 3 is 2.43 bits per heavy atom. The van der Waals surface area contributed by atoms with Crippen molar-refractivity contribution in [3.8, 4) is 0 Å². The van der Waals surface area contributed by atoms with Crippen molar-refractivity contribution in [2.24, 2.45) is 0 Å². The summed E-state index contributed by atoms with van der Waals surface area (Å²) in [5, 5.41) is 11.2. The Bertz CT molecular complexity index is 540. The van der Waals surface area contributed by atoms with E-state index < -0.39 is 16.9 Å². The molecule has 0 saturated carbocycles. The van der Waals surface area contributed by atoms with Gasteiger partial charge in [0.25, 0.3) is 5.69 Å². The topological polar surface area (TPSA) is 95.7 Å². The number of hydrogen-bond donors (Lipinski definition) is 0. The third-order valence-electron chi connectivity index (χ3n) is 2.70. The number of aryl methyl sites for hydroxylation is 1. The number of carbonyl (C=O) groups is 2. The molecule has 114 valence electrons. The molecule has 0 aliphatic rings. The van der Waals surface area contributed by atoms with E-state index in [1.165, 1.54) is 18.2 Å². The summed E-state index contributed by atoms with van der Waals surface area (Å²) in [7, 11) is 0. The molecule has 0 amide bonds. The van der Waals surface area contributed by atoms with Gasteiger partial charge in [-0.1, -0.05) is 12.1 Å². The van der Waals surface area contributed by atoms with Crippen molar-refractivity contribution in [3.05, 3.63) is 39.4 Å². The maximum atomic E-state index is 11.7. The second-order valence-corrected chi connectivity index (χ2v) is 4.10. The molecule has 0 aliphatic carbocycles. The minimum Gasteiger partial charge on any atom is -0.466 e. The molecule has 1 aromatic carbocycles. The van der Waals surface area contributed by atoms with E-state index >= 15 is 0 Å². The molecule has 1 rings (SSSR count). The maximum Gasteiger partial charge on any atom is 0.345 e. The van der Waals surface area contributed by atoms with Crippen molar-refractivity contribution in [2.75, 3.05) is 13.2 Å². The summed E-state index contributed by atoms with van der Waals surface area (Å²) < 4.78 is 9.58. The normalized spacial score (nSPS) is 10.0. The summed E-state index contributed by atoms with van der Waals surface area (Å²) in [4.78, 5) is 33.7. The average Bonchev–Trinajstić information content (AvgIpc) is 2.45. The number of hydrogen-bond acceptors (Lipinski definition) is 6. The second kappa shape index (κ2) is 7.98. The molecule has 0 atom stereocenters. The fourth-order valence-electron chi connectivity index (χ4n) is 1.85. The van der Waals surface area contributed by atoms with Gasteiger partial charge in [0.2, 0.25) is 0 Å². The first-order valence-corrected chi connectivity index (χ1v) is 6.60. The van der Waals surface area contributed by atoms with Crippen molar-refractivity contribution in [1.82, 2.24) is 0 Å². The third-order valence-corrected chi connectivity index (χ3v) is 2.70. The zero-order valence-electron chi connectivity index (χ0n) is 12.0. The van der Waals surface area contributed by atoms with Crippen molar-refractivity contribution in [3.63, 3.8) is 0 Å². The lowest BCUT2D eigenvalue weighted by atomic mass is 10.0. The molecule has 0 radical (unpaired) electrons. The Balaban J connectivity index is 3.03. The van der Waals surface area contributed by atoms with Crippen LogP contribution in [0.3, 0.4) is 0 Å². The van der Waals surface area contributed by atoms with Crippen LogP contribution in [0.1, 0.15) is 36.2 Å². The summed E-state index contributed by atoms with van der Waals surface area (Å²) in [6.45, 7) is 3.68. The van der Waals surface area contributed by atoms with Gasteiger partial charge in [-0.3, -0.25) is 14.9 Å². The molecule has 0 saturated heterocycles. The van der Waals surface area contributed by atoms with Gasteiger partial charge in [-0.15, -0.1) is 0 Å². The maximum absolute atomic E-state index is 11.7. The lowest BCUT2D eigenvalue weighted by molar-refractivity contribution is -0.385. The van der Waals surface area contributed by atoms with E-state index in [0.29, 0.717) is 5.56 Å². The van der Waals surface area contributed by atoms with Gasteiger partial charge in [-0.2, -0.15) is 0 Å². The number of nitro benzene ring substituents is 1. The summed E-state index contributed by atoms with van der Waals surface area (Å²) in [5.74, 6) is -1.18. The molecule has 0 fully saturated rings. The van der Waals surface area contributed by atoms with Crippen molar-refractivity contribution in [1.29, 1.82) is 0 Å². The van der Waals surface area contributed by atoms with E-state index in [2.05, 4.69) is 0 Å². The predicted molar refractivity (Wildman–Crippen MR) is 74.0 cm³/mol. The van der Waals surface area contributed by atoms with E-state index in [4.69, 9.17) is 9.47 Å². The third kappa shape index (κ3) is 4.55.